The van der Waals surface area contributed by atoms with Gasteiger partial charge in [0, 0.05) is 0 Å². The summed E-state index contributed by atoms with van der Waals surface area (Å²) in [7, 11) is 0. The highest BCUT2D eigenvalue weighted by Gasteiger charge is 2.19. The predicted octanol–water partition coefficient (Wildman–Crippen LogP) is 4.08. The van der Waals surface area contributed by atoms with Crippen LogP contribution in [0, 0.1) is 0 Å². The van der Waals surface area contributed by atoms with Crippen LogP contribution in [0.1, 0.15) is 5.56 Å². The first-order valence-electron chi connectivity index (χ1n) is 4.12. The average molecular weight is 285 g/mol. The molecule has 0 saturated carbocycles. The normalized spacial score (nSPS) is 15.1. The lowest BCUT2D eigenvalue weighted by Gasteiger charge is -2.08. The minimum atomic E-state index is 0.221. The van der Waals surface area contributed by atoms with E-state index in [1.54, 1.807) is 6.07 Å². The fourth-order valence-corrected chi connectivity index (χ4v) is 2.11. The SMILES string of the molecule is Clc1cc(C2=NCCO2)c(Cl)c(Cl)c1Cl. The highest BCUT2D eigenvalue weighted by atomic mass is 35.5. The minimum absolute atomic E-state index is 0.221. The predicted molar refractivity (Wildman–Crippen MR) is 63.8 cm³/mol. The summed E-state index contributed by atoms with van der Waals surface area (Å²) in [5, 5.41) is 1.11. The highest BCUT2D eigenvalue weighted by molar-refractivity contribution is 6.52. The number of hydrogen-bond acceptors (Lipinski definition) is 2. The van der Waals surface area contributed by atoms with E-state index in [0.29, 0.717) is 34.7 Å². The van der Waals surface area contributed by atoms with Gasteiger partial charge >= 0.3 is 0 Å². The van der Waals surface area contributed by atoms with Gasteiger partial charge in [-0.25, -0.2) is 4.99 Å². The molecule has 0 saturated heterocycles. The van der Waals surface area contributed by atoms with Gasteiger partial charge in [0.2, 0.25) is 5.90 Å². The molecule has 0 radical (unpaired) electrons. The quantitative estimate of drug-likeness (QED) is 0.563. The van der Waals surface area contributed by atoms with E-state index >= 15 is 0 Å². The van der Waals surface area contributed by atoms with E-state index in [4.69, 9.17) is 51.1 Å². The van der Waals surface area contributed by atoms with Crippen molar-refractivity contribution in [3.05, 3.63) is 31.7 Å². The van der Waals surface area contributed by atoms with E-state index in [2.05, 4.69) is 4.99 Å². The van der Waals surface area contributed by atoms with Crippen LogP contribution in [-0.2, 0) is 4.74 Å². The summed E-state index contributed by atoms with van der Waals surface area (Å²) in [6.07, 6.45) is 0. The van der Waals surface area contributed by atoms with Gasteiger partial charge in [-0.05, 0) is 6.07 Å². The molecule has 1 aliphatic heterocycles. The van der Waals surface area contributed by atoms with E-state index < -0.39 is 0 Å². The molecular weight excluding hydrogens is 280 g/mol. The number of nitrogens with zero attached hydrogens (tertiary/aromatic N) is 1. The third-order valence-electron chi connectivity index (χ3n) is 1.92. The second-order valence-corrected chi connectivity index (χ2v) is 4.42. The molecular formula is C9H5Cl4NO. The Morgan fingerprint density at radius 3 is 2.40 bits per heavy atom. The summed E-state index contributed by atoms with van der Waals surface area (Å²) in [6.45, 7) is 1.16. The first-order chi connectivity index (χ1) is 7.11. The van der Waals surface area contributed by atoms with Crippen molar-refractivity contribution in [1.29, 1.82) is 0 Å². The van der Waals surface area contributed by atoms with Crippen molar-refractivity contribution in [1.82, 2.24) is 0 Å². The standard InChI is InChI=1S/C9H5Cl4NO/c10-5-3-4(9-14-1-2-15-9)6(11)8(13)7(5)12/h3H,1-2H2. The third kappa shape index (κ3) is 2.04. The molecule has 1 aromatic carbocycles. The van der Waals surface area contributed by atoms with Crippen LogP contribution in [-0.4, -0.2) is 19.0 Å². The molecule has 0 fully saturated rings. The van der Waals surface area contributed by atoms with Crippen molar-refractivity contribution in [2.75, 3.05) is 13.2 Å². The first-order valence-corrected chi connectivity index (χ1v) is 5.63. The van der Waals surface area contributed by atoms with Gasteiger partial charge in [-0.2, -0.15) is 0 Å². The summed E-state index contributed by atoms with van der Waals surface area (Å²) in [5.74, 6) is 0.459. The molecule has 0 aromatic heterocycles. The topological polar surface area (TPSA) is 21.6 Å². The van der Waals surface area contributed by atoms with Crippen LogP contribution in [0.3, 0.4) is 0 Å². The summed E-state index contributed by atoms with van der Waals surface area (Å²) in [5.41, 5.74) is 0.577. The van der Waals surface area contributed by atoms with Crippen molar-refractivity contribution < 1.29 is 4.74 Å². The molecule has 0 unspecified atom stereocenters. The fraction of sp³-hybridized carbons (Fsp3) is 0.222. The van der Waals surface area contributed by atoms with Gasteiger partial charge in [0.1, 0.15) is 6.61 Å². The van der Waals surface area contributed by atoms with Crippen LogP contribution in [0.4, 0.5) is 0 Å². The van der Waals surface area contributed by atoms with E-state index in [0.717, 1.165) is 0 Å². The Morgan fingerprint density at radius 2 is 1.80 bits per heavy atom. The molecule has 2 nitrogen and oxygen atoms in total. The number of halogens is 4. The first kappa shape index (κ1) is 11.3. The van der Waals surface area contributed by atoms with Crippen LogP contribution in [0.5, 0.6) is 0 Å². The Hall–Kier alpha value is -0.150. The Balaban J connectivity index is 2.57. The molecule has 80 valence electrons. The maximum atomic E-state index is 6.01. The monoisotopic (exact) mass is 283 g/mol. The van der Waals surface area contributed by atoms with Crippen molar-refractivity contribution in [2.24, 2.45) is 4.99 Å². The molecule has 0 atom stereocenters. The highest BCUT2D eigenvalue weighted by Crippen LogP contribution is 2.38. The van der Waals surface area contributed by atoms with Crippen molar-refractivity contribution in [3.63, 3.8) is 0 Å². The van der Waals surface area contributed by atoms with Gasteiger partial charge in [-0.15, -0.1) is 0 Å². The maximum Gasteiger partial charge on any atom is 0.217 e. The van der Waals surface area contributed by atoms with Crippen molar-refractivity contribution in [3.8, 4) is 0 Å². The van der Waals surface area contributed by atoms with Gasteiger partial charge in [0.25, 0.3) is 0 Å². The zero-order valence-corrected chi connectivity index (χ0v) is 10.4. The van der Waals surface area contributed by atoms with E-state index in [1.165, 1.54) is 0 Å². The van der Waals surface area contributed by atoms with Gasteiger partial charge < -0.3 is 4.74 Å². The van der Waals surface area contributed by atoms with Crippen LogP contribution in [0.2, 0.25) is 20.1 Å². The second-order valence-electron chi connectivity index (χ2n) is 2.88. The summed E-state index contributed by atoms with van der Waals surface area (Å²) < 4.78 is 5.27. The summed E-state index contributed by atoms with van der Waals surface area (Å²) in [6, 6.07) is 1.60. The maximum absolute atomic E-state index is 6.01. The van der Waals surface area contributed by atoms with Gasteiger partial charge in [-0.3, -0.25) is 0 Å². The molecule has 0 amide bonds. The summed E-state index contributed by atoms with van der Waals surface area (Å²) >= 11 is 23.6. The van der Waals surface area contributed by atoms with Crippen molar-refractivity contribution >= 4 is 52.3 Å². The van der Waals surface area contributed by atoms with Gasteiger partial charge in [0.15, 0.2) is 0 Å². The summed E-state index contributed by atoms with van der Waals surface area (Å²) in [4.78, 5) is 4.13. The van der Waals surface area contributed by atoms with E-state index in [9.17, 15) is 0 Å². The van der Waals surface area contributed by atoms with Crippen LogP contribution in [0.15, 0.2) is 11.1 Å². The van der Waals surface area contributed by atoms with Gasteiger partial charge in [0.05, 0.1) is 32.2 Å². The largest absolute Gasteiger partial charge is 0.475 e. The molecule has 2 rings (SSSR count). The fourth-order valence-electron chi connectivity index (χ4n) is 1.23. The van der Waals surface area contributed by atoms with Crippen molar-refractivity contribution in [2.45, 2.75) is 0 Å². The Bertz CT molecular complexity index is 444. The average Bonchev–Trinajstić information content (AvgIpc) is 2.73. The van der Waals surface area contributed by atoms with Crippen LogP contribution < -0.4 is 0 Å². The number of rotatable bonds is 1. The van der Waals surface area contributed by atoms with E-state index in [-0.39, 0.29) is 10.0 Å². The molecule has 1 heterocycles. The molecule has 0 spiro atoms. The zero-order valence-electron chi connectivity index (χ0n) is 7.36. The lowest BCUT2D eigenvalue weighted by atomic mass is 10.2. The lowest BCUT2D eigenvalue weighted by molar-refractivity contribution is 0.348. The Morgan fingerprint density at radius 1 is 1.07 bits per heavy atom. The van der Waals surface area contributed by atoms with Crippen LogP contribution >= 0.6 is 46.4 Å². The Kier molecular flexibility index (Phi) is 3.31. The Labute approximate surface area is 107 Å². The van der Waals surface area contributed by atoms with Crippen LogP contribution in [0.25, 0.3) is 0 Å². The van der Waals surface area contributed by atoms with Gasteiger partial charge in [-0.1, -0.05) is 46.4 Å². The molecule has 1 aliphatic rings. The minimum Gasteiger partial charge on any atom is -0.475 e. The smallest absolute Gasteiger partial charge is 0.217 e. The number of aliphatic imine (C=N–C) groups is 1. The number of ether oxygens (including phenoxy) is 1. The molecule has 1 aromatic rings. The molecule has 15 heavy (non-hydrogen) atoms. The molecule has 0 bridgehead atoms. The zero-order chi connectivity index (χ0) is 11.0. The number of hydrogen-bond donors (Lipinski definition) is 0. The molecule has 6 heteroatoms. The molecule has 0 aliphatic carbocycles. The lowest BCUT2D eigenvalue weighted by Crippen LogP contribution is -2.02. The number of benzene rings is 1. The molecule has 0 N–H and O–H groups in total. The third-order valence-corrected chi connectivity index (χ3v) is 3.67. The second kappa shape index (κ2) is 4.38. The van der Waals surface area contributed by atoms with E-state index in [1.807, 2.05) is 0 Å².